The van der Waals surface area contributed by atoms with E-state index in [1.165, 1.54) is 11.3 Å². The predicted octanol–water partition coefficient (Wildman–Crippen LogP) is 5.42. The minimum absolute atomic E-state index is 0.0107. The van der Waals surface area contributed by atoms with Gasteiger partial charge in [-0.05, 0) is 44.4 Å². The van der Waals surface area contributed by atoms with Gasteiger partial charge in [0.25, 0.3) is 0 Å². The highest BCUT2D eigenvalue weighted by Gasteiger charge is 2.33. The van der Waals surface area contributed by atoms with Crippen LogP contribution >= 0.6 is 11.3 Å². The van der Waals surface area contributed by atoms with Crippen molar-refractivity contribution in [2.24, 2.45) is 0 Å². The van der Waals surface area contributed by atoms with E-state index in [2.05, 4.69) is 30.2 Å². The molecule has 30 heavy (non-hydrogen) atoms. The predicted molar refractivity (Wildman–Crippen MR) is 122 cm³/mol. The van der Waals surface area contributed by atoms with Crippen LogP contribution in [0.5, 0.6) is 0 Å². The molecule has 0 spiro atoms. The van der Waals surface area contributed by atoms with Crippen LogP contribution in [0.1, 0.15) is 49.5 Å². The Morgan fingerprint density at radius 1 is 1.27 bits per heavy atom. The maximum Gasteiger partial charge on any atom is 0.249 e. The molecule has 1 aliphatic heterocycles. The number of carbonyl (C=O) groups is 1. The molecule has 4 rings (SSSR count). The first kappa shape index (κ1) is 20.6. The van der Waals surface area contributed by atoms with Crippen LogP contribution in [-0.2, 0) is 9.53 Å². The number of thiazole rings is 1. The van der Waals surface area contributed by atoms with Gasteiger partial charge < -0.3 is 9.64 Å². The second-order valence-corrected chi connectivity index (χ2v) is 9.58. The van der Waals surface area contributed by atoms with Gasteiger partial charge in [-0.1, -0.05) is 48.4 Å². The number of rotatable bonds is 4. The molecule has 0 saturated carbocycles. The van der Waals surface area contributed by atoms with Crippen molar-refractivity contribution < 1.29 is 9.53 Å². The molecule has 154 valence electrons. The van der Waals surface area contributed by atoms with Crippen molar-refractivity contribution in [2.45, 2.75) is 45.3 Å². The maximum absolute atomic E-state index is 12.8. The summed E-state index contributed by atoms with van der Waals surface area (Å²) in [5.74, 6) is 2.83. The number of likely N-dealkylation sites (tertiary alicyclic amines) is 1. The van der Waals surface area contributed by atoms with Gasteiger partial charge in [-0.3, -0.25) is 4.79 Å². The standard InChI is InChI=1S/C25H26N2O2S/c1-5-21-23(19-13-8-11-17-10-6-7-12-18(17)19)26-24(30-21)20-14-9-15-27(20)22(28)16-29-25(2,3)4/h1,6-8,10-13,20H,9,14-16H2,2-4H3. The topological polar surface area (TPSA) is 42.4 Å². The highest BCUT2D eigenvalue weighted by Crippen LogP contribution is 2.39. The van der Waals surface area contributed by atoms with Crippen molar-refractivity contribution >= 4 is 28.0 Å². The van der Waals surface area contributed by atoms with E-state index in [0.29, 0.717) is 0 Å². The van der Waals surface area contributed by atoms with Crippen molar-refractivity contribution in [3.63, 3.8) is 0 Å². The number of carbonyl (C=O) groups excluding carboxylic acids is 1. The molecule has 2 aromatic carbocycles. The summed E-state index contributed by atoms with van der Waals surface area (Å²) in [7, 11) is 0. The first-order valence-corrected chi connectivity index (χ1v) is 11.1. The highest BCUT2D eigenvalue weighted by atomic mass is 32.1. The van der Waals surface area contributed by atoms with Crippen molar-refractivity contribution in [1.29, 1.82) is 0 Å². The lowest BCUT2D eigenvalue weighted by Gasteiger charge is -2.26. The van der Waals surface area contributed by atoms with Crippen molar-refractivity contribution in [2.75, 3.05) is 13.2 Å². The lowest BCUT2D eigenvalue weighted by Crippen LogP contribution is -2.36. The Balaban J connectivity index is 1.67. The Hall–Kier alpha value is -2.68. The van der Waals surface area contributed by atoms with E-state index in [-0.39, 0.29) is 24.2 Å². The lowest BCUT2D eigenvalue weighted by atomic mass is 10.0. The number of benzene rings is 2. The normalized spacial score (nSPS) is 16.7. The van der Waals surface area contributed by atoms with E-state index in [0.717, 1.165) is 51.3 Å². The fourth-order valence-corrected chi connectivity index (χ4v) is 4.91. The van der Waals surface area contributed by atoms with Crippen molar-refractivity contribution in [3.8, 4) is 23.6 Å². The molecule has 5 heteroatoms. The largest absolute Gasteiger partial charge is 0.366 e. The van der Waals surface area contributed by atoms with Crippen LogP contribution in [0.15, 0.2) is 42.5 Å². The molecule has 1 saturated heterocycles. The molecule has 2 heterocycles. The van der Waals surface area contributed by atoms with Gasteiger partial charge in [0.1, 0.15) is 16.5 Å². The third-order valence-electron chi connectivity index (χ3n) is 5.31. The summed E-state index contributed by atoms with van der Waals surface area (Å²) < 4.78 is 5.71. The van der Waals surface area contributed by atoms with E-state index in [4.69, 9.17) is 16.1 Å². The lowest BCUT2D eigenvalue weighted by molar-refractivity contribution is -0.142. The van der Waals surface area contributed by atoms with E-state index < -0.39 is 0 Å². The summed E-state index contributed by atoms with van der Waals surface area (Å²) in [6.45, 7) is 6.68. The average molecular weight is 419 g/mol. The molecular weight excluding hydrogens is 392 g/mol. The van der Waals surface area contributed by atoms with E-state index in [1.54, 1.807) is 0 Å². The molecule has 1 unspecified atom stereocenters. The summed E-state index contributed by atoms with van der Waals surface area (Å²) in [6, 6.07) is 14.4. The van der Waals surface area contributed by atoms with Gasteiger partial charge >= 0.3 is 0 Å². The van der Waals surface area contributed by atoms with Crippen LogP contribution in [0.4, 0.5) is 0 Å². The number of ether oxygens (including phenoxy) is 1. The van der Waals surface area contributed by atoms with Crippen LogP contribution in [0.2, 0.25) is 0 Å². The fraction of sp³-hybridized carbons (Fsp3) is 0.360. The number of terminal acetylenes is 1. The number of nitrogens with zero attached hydrogens (tertiary/aromatic N) is 2. The Morgan fingerprint density at radius 3 is 2.80 bits per heavy atom. The number of hydrogen-bond acceptors (Lipinski definition) is 4. The number of hydrogen-bond donors (Lipinski definition) is 0. The van der Waals surface area contributed by atoms with E-state index >= 15 is 0 Å². The molecule has 1 aliphatic rings. The summed E-state index contributed by atoms with van der Waals surface area (Å²) in [4.78, 5) is 20.5. The van der Waals surface area contributed by atoms with E-state index in [9.17, 15) is 4.79 Å². The third kappa shape index (κ3) is 4.12. The zero-order chi connectivity index (χ0) is 21.3. The molecule has 1 amide bonds. The van der Waals surface area contributed by atoms with Gasteiger partial charge in [-0.15, -0.1) is 17.8 Å². The second kappa shape index (κ2) is 8.22. The molecule has 0 N–H and O–H groups in total. The van der Waals surface area contributed by atoms with Gasteiger partial charge in [-0.25, -0.2) is 4.98 Å². The zero-order valence-corrected chi connectivity index (χ0v) is 18.5. The SMILES string of the molecule is C#Cc1sc(C2CCCN2C(=O)COC(C)(C)C)nc1-c1cccc2ccccc12. The molecule has 1 aromatic heterocycles. The van der Waals surface area contributed by atoms with Crippen LogP contribution in [0.25, 0.3) is 22.0 Å². The highest BCUT2D eigenvalue weighted by molar-refractivity contribution is 7.12. The molecular formula is C25H26N2O2S. The van der Waals surface area contributed by atoms with E-state index in [1.807, 2.05) is 43.9 Å². The second-order valence-electron chi connectivity index (χ2n) is 8.55. The van der Waals surface area contributed by atoms with Gasteiger partial charge in [-0.2, -0.15) is 0 Å². The molecule has 1 atom stereocenters. The minimum atomic E-state index is -0.343. The van der Waals surface area contributed by atoms with Gasteiger partial charge in [0.05, 0.1) is 17.3 Å². The zero-order valence-electron chi connectivity index (χ0n) is 17.6. The van der Waals surface area contributed by atoms with Gasteiger partial charge in [0.2, 0.25) is 5.91 Å². The molecule has 0 bridgehead atoms. The Morgan fingerprint density at radius 2 is 2.03 bits per heavy atom. The first-order chi connectivity index (χ1) is 14.4. The first-order valence-electron chi connectivity index (χ1n) is 10.3. The van der Waals surface area contributed by atoms with Crippen molar-refractivity contribution in [1.82, 2.24) is 9.88 Å². The Bertz CT molecular complexity index is 1110. The summed E-state index contributed by atoms with van der Waals surface area (Å²) >= 11 is 1.52. The number of aromatic nitrogens is 1. The summed E-state index contributed by atoms with van der Waals surface area (Å²) in [5.41, 5.74) is 1.53. The van der Waals surface area contributed by atoms with Gasteiger partial charge in [0.15, 0.2) is 0 Å². The van der Waals surface area contributed by atoms with Gasteiger partial charge in [0, 0.05) is 12.1 Å². The smallest absolute Gasteiger partial charge is 0.249 e. The Kier molecular flexibility index (Phi) is 5.64. The molecule has 3 aromatic rings. The fourth-order valence-electron chi connectivity index (χ4n) is 3.87. The number of amides is 1. The molecule has 1 fully saturated rings. The Labute approximate surface area is 181 Å². The minimum Gasteiger partial charge on any atom is -0.366 e. The third-order valence-corrected chi connectivity index (χ3v) is 6.39. The summed E-state index contributed by atoms with van der Waals surface area (Å²) in [5, 5.41) is 3.20. The van der Waals surface area contributed by atoms with Crippen molar-refractivity contribution in [3.05, 3.63) is 52.3 Å². The quantitative estimate of drug-likeness (QED) is 0.531. The average Bonchev–Trinajstić information content (AvgIpc) is 3.38. The molecule has 0 radical (unpaired) electrons. The van der Waals surface area contributed by atoms with Crippen LogP contribution in [0, 0.1) is 12.3 Å². The maximum atomic E-state index is 12.8. The summed E-state index contributed by atoms with van der Waals surface area (Å²) in [6.07, 6.45) is 7.71. The molecule has 0 aliphatic carbocycles. The van der Waals surface area contributed by atoms with Crippen LogP contribution < -0.4 is 0 Å². The molecule has 4 nitrogen and oxygen atoms in total. The monoisotopic (exact) mass is 418 g/mol. The van der Waals surface area contributed by atoms with Crippen LogP contribution in [-0.4, -0.2) is 34.5 Å². The van der Waals surface area contributed by atoms with Crippen LogP contribution in [0.3, 0.4) is 0 Å². The number of fused-ring (bicyclic) bond motifs is 1.